The van der Waals surface area contributed by atoms with Crippen LogP contribution >= 0.6 is 0 Å². The molecule has 1 aromatic heterocycles. The molecule has 0 bridgehead atoms. The SMILES string of the molecule is CCOCCc1nc(C2CC(NC(=O)OC(C)(C)C)C2)n[nH]1. The molecule has 0 aromatic carbocycles. The molecular weight excluding hydrogens is 284 g/mol. The number of aromatic nitrogens is 3. The van der Waals surface area contributed by atoms with Gasteiger partial charge in [0.2, 0.25) is 0 Å². The van der Waals surface area contributed by atoms with E-state index in [0.717, 1.165) is 30.9 Å². The Morgan fingerprint density at radius 3 is 2.77 bits per heavy atom. The van der Waals surface area contributed by atoms with E-state index in [2.05, 4.69) is 20.5 Å². The molecule has 1 saturated carbocycles. The molecule has 0 unspecified atom stereocenters. The van der Waals surface area contributed by atoms with E-state index in [1.54, 1.807) is 0 Å². The van der Waals surface area contributed by atoms with E-state index in [1.165, 1.54) is 0 Å². The first-order valence-corrected chi connectivity index (χ1v) is 7.86. The quantitative estimate of drug-likeness (QED) is 0.786. The van der Waals surface area contributed by atoms with Gasteiger partial charge in [0.25, 0.3) is 0 Å². The lowest BCUT2D eigenvalue weighted by molar-refractivity contribution is 0.0469. The van der Waals surface area contributed by atoms with Crippen LogP contribution in [0.1, 0.15) is 58.1 Å². The van der Waals surface area contributed by atoms with Crippen molar-refractivity contribution in [2.45, 2.75) is 64.5 Å². The zero-order valence-electron chi connectivity index (χ0n) is 13.8. The van der Waals surface area contributed by atoms with Crippen molar-refractivity contribution in [1.29, 1.82) is 0 Å². The van der Waals surface area contributed by atoms with Crippen molar-refractivity contribution in [1.82, 2.24) is 20.5 Å². The number of ether oxygens (including phenoxy) is 2. The van der Waals surface area contributed by atoms with Gasteiger partial charge in [-0.3, -0.25) is 5.10 Å². The number of aromatic amines is 1. The number of amides is 1. The fraction of sp³-hybridized carbons (Fsp3) is 0.800. The van der Waals surface area contributed by atoms with Gasteiger partial charge in [-0.15, -0.1) is 0 Å². The molecule has 1 aliphatic rings. The third-order valence-electron chi connectivity index (χ3n) is 3.46. The van der Waals surface area contributed by atoms with Gasteiger partial charge in [0.15, 0.2) is 5.82 Å². The Hall–Kier alpha value is -1.63. The van der Waals surface area contributed by atoms with Crippen LogP contribution in [0.15, 0.2) is 0 Å². The van der Waals surface area contributed by atoms with Crippen LogP contribution in [0.3, 0.4) is 0 Å². The monoisotopic (exact) mass is 310 g/mol. The van der Waals surface area contributed by atoms with Crippen LogP contribution in [0.2, 0.25) is 0 Å². The van der Waals surface area contributed by atoms with E-state index in [4.69, 9.17) is 9.47 Å². The van der Waals surface area contributed by atoms with Gasteiger partial charge in [-0.05, 0) is 40.5 Å². The fourth-order valence-electron chi connectivity index (χ4n) is 2.34. The third-order valence-corrected chi connectivity index (χ3v) is 3.46. The highest BCUT2D eigenvalue weighted by atomic mass is 16.6. The van der Waals surface area contributed by atoms with Crippen molar-refractivity contribution in [2.24, 2.45) is 0 Å². The van der Waals surface area contributed by atoms with E-state index >= 15 is 0 Å². The van der Waals surface area contributed by atoms with E-state index in [1.807, 2.05) is 27.7 Å². The molecular formula is C15H26N4O3. The van der Waals surface area contributed by atoms with Crippen LogP contribution in [0.5, 0.6) is 0 Å². The zero-order valence-corrected chi connectivity index (χ0v) is 13.8. The summed E-state index contributed by atoms with van der Waals surface area (Å²) in [5, 5.41) is 10.1. The van der Waals surface area contributed by atoms with Crippen molar-refractivity contribution < 1.29 is 14.3 Å². The van der Waals surface area contributed by atoms with Gasteiger partial charge in [-0.1, -0.05) is 0 Å². The molecule has 1 heterocycles. The van der Waals surface area contributed by atoms with Gasteiger partial charge in [-0.25, -0.2) is 9.78 Å². The molecule has 7 nitrogen and oxygen atoms in total. The van der Waals surface area contributed by atoms with Crippen LogP contribution in [0.4, 0.5) is 4.79 Å². The lowest BCUT2D eigenvalue weighted by Crippen LogP contribution is -2.45. The number of carbonyl (C=O) groups is 1. The van der Waals surface area contributed by atoms with Gasteiger partial charge >= 0.3 is 6.09 Å². The second kappa shape index (κ2) is 7.09. The number of carbonyl (C=O) groups excluding carboxylic acids is 1. The maximum atomic E-state index is 11.7. The summed E-state index contributed by atoms with van der Waals surface area (Å²) in [6.07, 6.45) is 2.08. The Balaban J connectivity index is 1.71. The highest BCUT2D eigenvalue weighted by Crippen LogP contribution is 2.35. The maximum absolute atomic E-state index is 11.7. The van der Waals surface area contributed by atoms with Crippen LogP contribution < -0.4 is 5.32 Å². The van der Waals surface area contributed by atoms with E-state index in [9.17, 15) is 4.79 Å². The van der Waals surface area contributed by atoms with E-state index in [-0.39, 0.29) is 12.1 Å². The number of alkyl carbamates (subject to hydrolysis) is 1. The molecule has 22 heavy (non-hydrogen) atoms. The van der Waals surface area contributed by atoms with Crippen molar-refractivity contribution in [3.8, 4) is 0 Å². The van der Waals surface area contributed by atoms with Crippen LogP contribution in [-0.2, 0) is 15.9 Å². The lowest BCUT2D eigenvalue weighted by Gasteiger charge is -2.34. The average molecular weight is 310 g/mol. The summed E-state index contributed by atoms with van der Waals surface area (Å²) in [6.45, 7) is 8.90. The predicted octanol–water partition coefficient (Wildman–Crippen LogP) is 2.15. The average Bonchev–Trinajstić information content (AvgIpc) is 2.80. The number of hydrogen-bond acceptors (Lipinski definition) is 5. The van der Waals surface area contributed by atoms with E-state index in [0.29, 0.717) is 19.1 Å². The first-order chi connectivity index (χ1) is 10.4. The fourth-order valence-corrected chi connectivity index (χ4v) is 2.34. The summed E-state index contributed by atoms with van der Waals surface area (Å²) >= 11 is 0. The first-order valence-electron chi connectivity index (χ1n) is 7.86. The van der Waals surface area contributed by atoms with Gasteiger partial charge in [0.05, 0.1) is 6.61 Å². The van der Waals surface area contributed by atoms with Crippen molar-refractivity contribution >= 4 is 6.09 Å². The molecule has 124 valence electrons. The minimum absolute atomic E-state index is 0.144. The van der Waals surface area contributed by atoms with Gasteiger partial charge in [-0.2, -0.15) is 5.10 Å². The van der Waals surface area contributed by atoms with Crippen molar-refractivity contribution in [3.05, 3.63) is 11.6 Å². The zero-order chi connectivity index (χ0) is 16.2. The molecule has 1 aromatic rings. The number of nitrogens with one attached hydrogen (secondary N) is 2. The van der Waals surface area contributed by atoms with E-state index < -0.39 is 5.60 Å². The molecule has 0 radical (unpaired) electrons. The Morgan fingerprint density at radius 2 is 2.14 bits per heavy atom. The Morgan fingerprint density at radius 1 is 1.41 bits per heavy atom. The van der Waals surface area contributed by atoms with Crippen LogP contribution in [0, 0.1) is 0 Å². The Labute approximate surface area is 131 Å². The second-order valence-corrected chi connectivity index (χ2v) is 6.60. The molecule has 2 N–H and O–H groups in total. The highest BCUT2D eigenvalue weighted by Gasteiger charge is 2.35. The Bertz CT molecular complexity index is 489. The molecule has 0 atom stereocenters. The predicted molar refractivity (Wildman–Crippen MR) is 81.7 cm³/mol. The topological polar surface area (TPSA) is 89.1 Å². The van der Waals surface area contributed by atoms with Gasteiger partial charge in [0.1, 0.15) is 11.4 Å². The van der Waals surface area contributed by atoms with Crippen molar-refractivity contribution in [3.63, 3.8) is 0 Å². The molecule has 2 rings (SSSR count). The molecule has 1 amide bonds. The van der Waals surface area contributed by atoms with Crippen LogP contribution in [-0.4, -0.2) is 46.1 Å². The van der Waals surface area contributed by atoms with Crippen molar-refractivity contribution in [2.75, 3.05) is 13.2 Å². The first kappa shape index (κ1) is 16.7. The maximum Gasteiger partial charge on any atom is 0.407 e. The summed E-state index contributed by atoms with van der Waals surface area (Å²) in [5.41, 5.74) is -0.466. The summed E-state index contributed by atoms with van der Waals surface area (Å²) in [5.74, 6) is 1.98. The standard InChI is InChI=1S/C15H26N4O3/c1-5-21-7-6-12-17-13(19-18-12)10-8-11(9-10)16-14(20)22-15(2,3)4/h10-11H,5-9H2,1-4H3,(H,16,20)(H,17,18,19). The lowest BCUT2D eigenvalue weighted by atomic mass is 9.80. The largest absolute Gasteiger partial charge is 0.444 e. The number of hydrogen-bond donors (Lipinski definition) is 2. The minimum atomic E-state index is -0.466. The van der Waals surface area contributed by atoms with Crippen LogP contribution in [0.25, 0.3) is 0 Å². The second-order valence-electron chi connectivity index (χ2n) is 6.60. The molecule has 1 fully saturated rings. The number of nitrogens with zero attached hydrogens (tertiary/aromatic N) is 2. The third kappa shape index (κ3) is 4.98. The normalized spacial score (nSPS) is 21.3. The van der Waals surface area contributed by atoms with Gasteiger partial charge in [0, 0.05) is 25.0 Å². The molecule has 1 aliphatic carbocycles. The minimum Gasteiger partial charge on any atom is -0.444 e. The molecule has 0 spiro atoms. The number of rotatable bonds is 6. The summed E-state index contributed by atoms with van der Waals surface area (Å²) in [7, 11) is 0. The number of H-pyrrole nitrogens is 1. The smallest absolute Gasteiger partial charge is 0.407 e. The summed E-state index contributed by atoms with van der Waals surface area (Å²) < 4.78 is 10.5. The highest BCUT2D eigenvalue weighted by molar-refractivity contribution is 5.68. The molecule has 0 aliphatic heterocycles. The summed E-state index contributed by atoms with van der Waals surface area (Å²) in [6, 6.07) is 0.144. The van der Waals surface area contributed by atoms with Gasteiger partial charge < -0.3 is 14.8 Å². The molecule has 7 heteroatoms. The Kier molecular flexibility index (Phi) is 5.39. The molecule has 0 saturated heterocycles. The summed E-state index contributed by atoms with van der Waals surface area (Å²) in [4.78, 5) is 16.2.